The van der Waals surface area contributed by atoms with E-state index in [1.807, 2.05) is 63.2 Å². The predicted molar refractivity (Wildman–Crippen MR) is 171 cm³/mol. The van der Waals surface area contributed by atoms with Crippen molar-refractivity contribution in [3.05, 3.63) is 64.7 Å². The lowest BCUT2D eigenvalue weighted by Crippen LogP contribution is -2.53. The van der Waals surface area contributed by atoms with Crippen molar-refractivity contribution in [2.75, 3.05) is 11.9 Å². The van der Waals surface area contributed by atoms with Crippen molar-refractivity contribution in [1.29, 1.82) is 0 Å². The first kappa shape index (κ1) is 35.3. The van der Waals surface area contributed by atoms with Crippen LogP contribution >= 0.6 is 0 Å². The van der Waals surface area contributed by atoms with Crippen LogP contribution in [0.5, 0.6) is 0 Å². The van der Waals surface area contributed by atoms with Crippen LogP contribution in [0.2, 0.25) is 0 Å². The number of primary amides is 1. The molecule has 0 bridgehead atoms. The topological polar surface area (TPSA) is 131 Å². The molecule has 4 N–H and O–H groups in total. The third-order valence-electron chi connectivity index (χ3n) is 7.26. The highest BCUT2D eigenvalue weighted by molar-refractivity contribution is 5.99. The van der Waals surface area contributed by atoms with Crippen LogP contribution in [0.3, 0.4) is 0 Å². The minimum atomic E-state index is -1.13. The van der Waals surface area contributed by atoms with Gasteiger partial charge in [-0.1, -0.05) is 69.0 Å². The third kappa shape index (κ3) is 11.7. The van der Waals surface area contributed by atoms with Crippen molar-refractivity contribution < 1.29 is 23.9 Å². The second-order valence-electron chi connectivity index (χ2n) is 12.2. The average molecular weight is 595 g/mol. The van der Waals surface area contributed by atoms with E-state index in [0.29, 0.717) is 17.7 Å². The van der Waals surface area contributed by atoms with Crippen LogP contribution in [0, 0.1) is 20.8 Å². The number of hydrogen-bond acceptors (Lipinski definition) is 5. The van der Waals surface area contributed by atoms with Gasteiger partial charge in [-0.3, -0.25) is 14.4 Å². The Balaban J connectivity index is 2.59. The number of hydrogen-bond donors (Lipinski definition) is 3. The lowest BCUT2D eigenvalue weighted by atomic mass is 9.97. The number of para-hydroxylation sites is 1. The zero-order valence-corrected chi connectivity index (χ0v) is 26.9. The summed E-state index contributed by atoms with van der Waals surface area (Å²) >= 11 is 0. The van der Waals surface area contributed by atoms with Gasteiger partial charge in [0, 0.05) is 18.7 Å². The molecule has 2 atom stereocenters. The van der Waals surface area contributed by atoms with Gasteiger partial charge in [0.1, 0.15) is 17.7 Å². The lowest BCUT2D eigenvalue weighted by molar-refractivity contribution is -0.141. The Morgan fingerprint density at radius 1 is 0.907 bits per heavy atom. The highest BCUT2D eigenvalue weighted by Crippen LogP contribution is 2.28. The molecule has 9 heteroatoms. The summed E-state index contributed by atoms with van der Waals surface area (Å²) < 4.78 is 5.43. The van der Waals surface area contributed by atoms with Gasteiger partial charge in [0.05, 0.1) is 0 Å². The van der Waals surface area contributed by atoms with Gasteiger partial charge in [0.15, 0.2) is 0 Å². The summed E-state index contributed by atoms with van der Waals surface area (Å²) in [6, 6.07) is 11.1. The van der Waals surface area contributed by atoms with Gasteiger partial charge in [-0.2, -0.15) is 0 Å². The monoisotopic (exact) mass is 594 g/mol. The molecule has 0 saturated carbocycles. The van der Waals surface area contributed by atoms with Crippen LogP contribution in [0.1, 0.15) is 101 Å². The third-order valence-corrected chi connectivity index (χ3v) is 7.26. The standard InChI is InChI=1S/C34H50N4O5/c1-8-9-10-11-14-21-38(32(41)28(19-20-29(35)39)37-33(42)43-34(5,6)7)30(26-18-17-23(2)25(4)22-26)31(40)36-27-16-13-12-15-24(27)3/h12-13,15-18,22,28,30H,8-11,14,19-21H2,1-7H3,(H2,35,39)(H,36,40)(H,37,42). The molecule has 43 heavy (non-hydrogen) atoms. The summed E-state index contributed by atoms with van der Waals surface area (Å²) in [6.45, 7) is 13.4. The zero-order chi connectivity index (χ0) is 32.2. The molecule has 0 aliphatic heterocycles. The maximum Gasteiger partial charge on any atom is 0.408 e. The van der Waals surface area contributed by atoms with Gasteiger partial charge in [-0.15, -0.1) is 0 Å². The minimum Gasteiger partial charge on any atom is -0.444 e. The van der Waals surface area contributed by atoms with Gasteiger partial charge >= 0.3 is 6.09 Å². The molecule has 2 aromatic carbocycles. The molecule has 2 aromatic rings. The quantitative estimate of drug-likeness (QED) is 0.210. The maximum absolute atomic E-state index is 14.4. The van der Waals surface area contributed by atoms with Crippen molar-refractivity contribution in [3.8, 4) is 0 Å². The van der Waals surface area contributed by atoms with Crippen molar-refractivity contribution in [2.24, 2.45) is 5.73 Å². The van der Waals surface area contributed by atoms with E-state index in [1.54, 1.807) is 20.8 Å². The number of carbonyl (C=O) groups is 4. The number of unbranched alkanes of at least 4 members (excludes halogenated alkanes) is 4. The number of nitrogens with one attached hydrogen (secondary N) is 2. The van der Waals surface area contributed by atoms with Crippen molar-refractivity contribution in [3.63, 3.8) is 0 Å². The van der Waals surface area contributed by atoms with E-state index in [9.17, 15) is 19.2 Å². The zero-order valence-electron chi connectivity index (χ0n) is 26.9. The van der Waals surface area contributed by atoms with E-state index >= 15 is 0 Å². The number of aryl methyl sites for hydroxylation is 3. The lowest BCUT2D eigenvalue weighted by Gasteiger charge is -2.35. The Morgan fingerprint density at radius 3 is 2.19 bits per heavy atom. The van der Waals surface area contributed by atoms with Crippen LogP contribution in [0.25, 0.3) is 0 Å². The first-order valence-electron chi connectivity index (χ1n) is 15.3. The molecule has 0 heterocycles. The number of ether oxygens (including phenoxy) is 1. The molecule has 0 radical (unpaired) electrons. The summed E-state index contributed by atoms with van der Waals surface area (Å²) in [5, 5.41) is 5.68. The normalized spacial score (nSPS) is 12.6. The minimum absolute atomic E-state index is 0.0290. The van der Waals surface area contributed by atoms with Crippen molar-refractivity contribution in [1.82, 2.24) is 10.2 Å². The van der Waals surface area contributed by atoms with Gasteiger partial charge in [-0.25, -0.2) is 4.79 Å². The molecule has 2 rings (SSSR count). The summed E-state index contributed by atoms with van der Waals surface area (Å²) in [7, 11) is 0. The average Bonchev–Trinajstić information content (AvgIpc) is 2.91. The fourth-order valence-corrected chi connectivity index (χ4v) is 4.77. The number of carbonyl (C=O) groups excluding carboxylic acids is 4. The highest BCUT2D eigenvalue weighted by Gasteiger charge is 2.36. The fourth-order valence-electron chi connectivity index (χ4n) is 4.77. The molecular formula is C34H50N4O5. The number of benzene rings is 2. The molecule has 0 saturated heterocycles. The molecule has 0 aliphatic carbocycles. The Morgan fingerprint density at radius 2 is 1.58 bits per heavy atom. The van der Waals surface area contributed by atoms with Crippen LogP contribution in [0.15, 0.2) is 42.5 Å². The Labute approximate surface area is 256 Å². The summed E-state index contributed by atoms with van der Waals surface area (Å²) in [5.41, 5.74) is 8.87. The summed E-state index contributed by atoms with van der Waals surface area (Å²) in [5.74, 6) is -1.45. The summed E-state index contributed by atoms with van der Waals surface area (Å²) in [4.78, 5) is 54.6. The van der Waals surface area contributed by atoms with Crippen LogP contribution in [-0.4, -0.2) is 46.9 Å². The number of nitrogens with two attached hydrogens (primary N) is 1. The van der Waals surface area contributed by atoms with Gasteiger partial charge in [0.2, 0.25) is 11.8 Å². The van der Waals surface area contributed by atoms with Crippen LogP contribution in [-0.2, 0) is 19.1 Å². The smallest absolute Gasteiger partial charge is 0.408 e. The molecule has 0 aromatic heterocycles. The molecular weight excluding hydrogens is 544 g/mol. The Kier molecular flexibility index (Phi) is 13.7. The second-order valence-corrected chi connectivity index (χ2v) is 12.2. The number of nitrogens with zero attached hydrogens (tertiary/aromatic N) is 1. The van der Waals surface area contributed by atoms with E-state index in [1.165, 1.54) is 4.90 Å². The van der Waals surface area contributed by atoms with Crippen molar-refractivity contribution in [2.45, 2.75) is 111 Å². The van der Waals surface area contributed by atoms with Gasteiger partial charge in [-0.05, 0) is 82.7 Å². The van der Waals surface area contributed by atoms with E-state index in [-0.39, 0.29) is 25.3 Å². The summed E-state index contributed by atoms with van der Waals surface area (Å²) in [6.07, 6.45) is 3.75. The van der Waals surface area contributed by atoms with Gasteiger partial charge < -0.3 is 26.0 Å². The fraction of sp³-hybridized carbons (Fsp3) is 0.529. The predicted octanol–water partition coefficient (Wildman–Crippen LogP) is 6.25. The number of amides is 4. The van der Waals surface area contributed by atoms with Crippen LogP contribution < -0.4 is 16.4 Å². The molecule has 9 nitrogen and oxygen atoms in total. The highest BCUT2D eigenvalue weighted by atomic mass is 16.6. The molecule has 0 aliphatic rings. The molecule has 0 spiro atoms. The molecule has 236 valence electrons. The first-order valence-corrected chi connectivity index (χ1v) is 15.3. The van der Waals surface area contributed by atoms with Crippen molar-refractivity contribution >= 4 is 29.5 Å². The largest absolute Gasteiger partial charge is 0.444 e. The van der Waals surface area contributed by atoms with E-state index in [0.717, 1.165) is 42.4 Å². The molecule has 4 amide bonds. The number of alkyl carbamates (subject to hydrolysis) is 1. The molecule has 2 unspecified atom stereocenters. The maximum atomic E-state index is 14.4. The SMILES string of the molecule is CCCCCCCN(C(=O)C(CCC(N)=O)NC(=O)OC(C)(C)C)C(C(=O)Nc1ccccc1C)c1ccc(C)c(C)c1. The second kappa shape index (κ2) is 16.7. The van der Waals surface area contributed by atoms with E-state index in [4.69, 9.17) is 10.5 Å². The number of rotatable bonds is 15. The van der Waals surface area contributed by atoms with Crippen LogP contribution in [0.4, 0.5) is 10.5 Å². The molecule has 0 fully saturated rings. The van der Waals surface area contributed by atoms with E-state index in [2.05, 4.69) is 17.6 Å². The Hall–Kier alpha value is -3.88. The van der Waals surface area contributed by atoms with E-state index < -0.39 is 35.6 Å². The number of anilines is 1. The first-order chi connectivity index (χ1) is 20.2. The van der Waals surface area contributed by atoms with Gasteiger partial charge in [0.25, 0.3) is 5.91 Å². The Bertz CT molecular complexity index is 1250.